The van der Waals surface area contributed by atoms with E-state index in [1.165, 1.54) is 7.05 Å². The molecule has 1 rings (SSSR count). The average Bonchev–Trinajstić information content (AvgIpc) is 2.41. The highest BCUT2D eigenvalue weighted by Crippen LogP contribution is 2.29. The summed E-state index contributed by atoms with van der Waals surface area (Å²) in [4.78, 5) is 9.55. The third kappa shape index (κ3) is 5.74. The molecule has 0 aromatic carbocycles. The molecular weight excluding hydrogens is 283 g/mol. The van der Waals surface area contributed by atoms with Crippen molar-refractivity contribution >= 4 is 11.8 Å². The first kappa shape index (κ1) is 17.5. The molecule has 21 heavy (non-hydrogen) atoms. The molecular formula is C13H22F3N5. The number of halogens is 3. The number of hydrogen-bond donors (Lipinski definition) is 2. The monoisotopic (exact) mass is 305 g/mol. The fourth-order valence-electron chi connectivity index (χ4n) is 1.60. The van der Waals surface area contributed by atoms with E-state index in [0.717, 1.165) is 19.0 Å². The van der Waals surface area contributed by atoms with Crippen molar-refractivity contribution in [2.45, 2.75) is 32.5 Å². The van der Waals surface area contributed by atoms with Crippen LogP contribution in [-0.2, 0) is 6.18 Å². The summed E-state index contributed by atoms with van der Waals surface area (Å²) in [6, 6.07) is 1.37. The van der Waals surface area contributed by atoms with Gasteiger partial charge in [0.25, 0.3) is 0 Å². The summed E-state index contributed by atoms with van der Waals surface area (Å²) >= 11 is 0. The van der Waals surface area contributed by atoms with Gasteiger partial charge in [0, 0.05) is 25.7 Å². The largest absolute Gasteiger partial charge is 0.433 e. The number of aromatic nitrogens is 2. The van der Waals surface area contributed by atoms with Crippen LogP contribution in [0.15, 0.2) is 6.07 Å². The minimum absolute atomic E-state index is 0.0494. The highest BCUT2D eigenvalue weighted by atomic mass is 19.4. The number of anilines is 2. The van der Waals surface area contributed by atoms with E-state index in [2.05, 4.69) is 39.3 Å². The van der Waals surface area contributed by atoms with E-state index in [9.17, 15) is 13.2 Å². The first-order valence-electron chi connectivity index (χ1n) is 6.82. The van der Waals surface area contributed by atoms with Crippen molar-refractivity contribution in [1.82, 2.24) is 14.9 Å². The molecule has 120 valence electrons. The molecule has 0 unspecified atom stereocenters. The molecule has 0 aliphatic rings. The minimum Gasteiger partial charge on any atom is -0.370 e. The van der Waals surface area contributed by atoms with Gasteiger partial charge >= 0.3 is 6.18 Å². The lowest BCUT2D eigenvalue weighted by Crippen LogP contribution is -2.28. The number of nitrogens with one attached hydrogen (secondary N) is 2. The second-order valence-electron chi connectivity index (χ2n) is 5.06. The molecule has 0 radical (unpaired) electrons. The van der Waals surface area contributed by atoms with Gasteiger partial charge in [0.05, 0.1) is 0 Å². The lowest BCUT2D eigenvalue weighted by molar-refractivity contribution is -0.141. The van der Waals surface area contributed by atoms with Crippen molar-refractivity contribution in [3.63, 3.8) is 0 Å². The van der Waals surface area contributed by atoms with Gasteiger partial charge in [0.2, 0.25) is 5.95 Å². The Morgan fingerprint density at radius 1 is 1.29 bits per heavy atom. The van der Waals surface area contributed by atoms with Gasteiger partial charge in [-0.1, -0.05) is 0 Å². The minimum atomic E-state index is -4.48. The molecule has 0 bridgehead atoms. The summed E-state index contributed by atoms with van der Waals surface area (Å²) in [6.07, 6.45) is -3.67. The molecule has 0 spiro atoms. The Morgan fingerprint density at radius 3 is 2.48 bits per heavy atom. The molecule has 0 saturated carbocycles. The molecule has 8 heteroatoms. The van der Waals surface area contributed by atoms with Gasteiger partial charge in [-0.3, -0.25) is 0 Å². The molecule has 0 amide bonds. The fourth-order valence-corrected chi connectivity index (χ4v) is 1.60. The Balaban J connectivity index is 2.62. The quantitative estimate of drug-likeness (QED) is 0.759. The van der Waals surface area contributed by atoms with E-state index in [-0.39, 0.29) is 11.8 Å². The number of rotatable bonds is 7. The Morgan fingerprint density at radius 2 is 1.95 bits per heavy atom. The van der Waals surface area contributed by atoms with Crippen molar-refractivity contribution in [2.75, 3.05) is 37.8 Å². The van der Waals surface area contributed by atoms with Crippen LogP contribution in [0.4, 0.5) is 24.9 Å². The van der Waals surface area contributed by atoms with Gasteiger partial charge in [-0.25, -0.2) is 4.98 Å². The highest BCUT2D eigenvalue weighted by molar-refractivity contribution is 5.42. The number of nitrogens with zero attached hydrogens (tertiary/aromatic N) is 3. The normalized spacial score (nSPS) is 12.0. The number of alkyl halides is 3. The summed E-state index contributed by atoms with van der Waals surface area (Å²) in [5.41, 5.74) is -0.955. The molecule has 0 saturated heterocycles. The van der Waals surface area contributed by atoms with Gasteiger partial charge < -0.3 is 15.5 Å². The molecule has 1 aromatic rings. The van der Waals surface area contributed by atoms with Crippen molar-refractivity contribution in [2.24, 2.45) is 0 Å². The second-order valence-corrected chi connectivity index (χ2v) is 5.06. The predicted octanol–water partition coefficient (Wildman–Crippen LogP) is 2.68. The maximum Gasteiger partial charge on any atom is 0.433 e. The molecule has 0 aliphatic heterocycles. The van der Waals surface area contributed by atoms with E-state index in [1.54, 1.807) is 0 Å². The second kappa shape index (κ2) is 7.44. The average molecular weight is 305 g/mol. The first-order chi connectivity index (χ1) is 9.74. The first-order valence-corrected chi connectivity index (χ1v) is 6.82. The van der Waals surface area contributed by atoms with E-state index in [1.807, 2.05) is 7.05 Å². The van der Waals surface area contributed by atoms with Gasteiger partial charge in [-0.05, 0) is 33.9 Å². The molecule has 0 aliphatic carbocycles. The molecule has 5 nitrogen and oxygen atoms in total. The van der Waals surface area contributed by atoms with Crippen LogP contribution in [-0.4, -0.2) is 48.1 Å². The Labute approximate surface area is 123 Å². The van der Waals surface area contributed by atoms with E-state index in [0.29, 0.717) is 12.6 Å². The number of hydrogen-bond acceptors (Lipinski definition) is 5. The molecule has 0 fully saturated rings. The summed E-state index contributed by atoms with van der Waals surface area (Å²) in [6.45, 7) is 5.59. The predicted molar refractivity (Wildman–Crippen MR) is 77.5 cm³/mol. The molecule has 2 N–H and O–H groups in total. The van der Waals surface area contributed by atoms with Crippen LogP contribution in [0.25, 0.3) is 0 Å². The maximum atomic E-state index is 12.7. The van der Waals surface area contributed by atoms with Gasteiger partial charge in [0.1, 0.15) is 5.82 Å². The topological polar surface area (TPSA) is 53.1 Å². The van der Waals surface area contributed by atoms with Crippen LogP contribution >= 0.6 is 0 Å². The van der Waals surface area contributed by atoms with Gasteiger partial charge in [-0.2, -0.15) is 18.2 Å². The van der Waals surface area contributed by atoms with Crippen LogP contribution < -0.4 is 10.6 Å². The van der Waals surface area contributed by atoms with Crippen molar-refractivity contribution in [3.05, 3.63) is 11.8 Å². The highest BCUT2D eigenvalue weighted by Gasteiger charge is 2.33. The zero-order valence-electron chi connectivity index (χ0n) is 12.8. The van der Waals surface area contributed by atoms with Crippen LogP contribution in [0, 0.1) is 0 Å². The summed E-state index contributed by atoms with van der Waals surface area (Å²) < 4.78 is 38.1. The fraction of sp³-hybridized carbons (Fsp3) is 0.692. The third-order valence-electron chi connectivity index (χ3n) is 3.12. The maximum absolute atomic E-state index is 12.7. The summed E-state index contributed by atoms with van der Waals surface area (Å²) in [5, 5.41) is 5.44. The summed E-state index contributed by atoms with van der Waals surface area (Å²) in [5.74, 6) is 0.125. The van der Waals surface area contributed by atoms with Gasteiger partial charge in [-0.15, -0.1) is 0 Å². The smallest absolute Gasteiger partial charge is 0.370 e. The molecule has 0 atom stereocenters. The third-order valence-corrected chi connectivity index (χ3v) is 3.12. The van der Waals surface area contributed by atoms with Crippen LogP contribution in [0.2, 0.25) is 0 Å². The van der Waals surface area contributed by atoms with Crippen molar-refractivity contribution < 1.29 is 13.2 Å². The SMILES string of the molecule is CNc1nc(NCCCN(C)C(C)C)cc(C(F)(F)F)n1. The Kier molecular flexibility index (Phi) is 6.19. The Hall–Kier alpha value is -1.57. The molecule has 1 aromatic heterocycles. The van der Waals surface area contributed by atoms with Crippen LogP contribution in [0.5, 0.6) is 0 Å². The summed E-state index contributed by atoms with van der Waals surface area (Å²) in [7, 11) is 3.49. The zero-order chi connectivity index (χ0) is 16.0. The van der Waals surface area contributed by atoms with E-state index in [4.69, 9.17) is 0 Å². The van der Waals surface area contributed by atoms with Crippen LogP contribution in [0.1, 0.15) is 26.0 Å². The lowest BCUT2D eigenvalue weighted by Gasteiger charge is -2.20. The standard InChI is InChI=1S/C13H22F3N5/c1-9(2)21(4)7-5-6-18-11-8-10(13(14,15)16)19-12(17-3)20-11/h8-9H,5-7H2,1-4H3,(H2,17,18,19,20). The van der Waals surface area contributed by atoms with Gasteiger partial charge in [0.15, 0.2) is 5.69 Å². The van der Waals surface area contributed by atoms with E-state index >= 15 is 0 Å². The van der Waals surface area contributed by atoms with E-state index < -0.39 is 11.9 Å². The zero-order valence-corrected chi connectivity index (χ0v) is 12.8. The molecule has 1 heterocycles. The Bertz CT molecular complexity index is 448. The van der Waals surface area contributed by atoms with Crippen molar-refractivity contribution in [3.8, 4) is 0 Å². The van der Waals surface area contributed by atoms with Crippen LogP contribution in [0.3, 0.4) is 0 Å². The lowest BCUT2D eigenvalue weighted by atomic mass is 10.3. The van der Waals surface area contributed by atoms with Crippen molar-refractivity contribution in [1.29, 1.82) is 0 Å².